The monoisotopic (exact) mass is 333 g/mol. The number of amides is 1. The van der Waals surface area contributed by atoms with Gasteiger partial charge in [-0.25, -0.2) is 10.5 Å². The molecule has 1 fully saturated rings. The molecule has 0 aromatic carbocycles. The lowest BCUT2D eigenvalue weighted by molar-refractivity contribution is -0.115. The molecule has 10 nitrogen and oxygen atoms in total. The Balaban J connectivity index is 3.25. The number of aliphatic hydroxyl groups is 2. The number of hydroxylamine groups is 1. The van der Waals surface area contributed by atoms with Gasteiger partial charge in [-0.05, 0) is 0 Å². The van der Waals surface area contributed by atoms with Gasteiger partial charge in [0.05, 0.1) is 24.8 Å². The summed E-state index contributed by atoms with van der Waals surface area (Å²) in [5.74, 6) is -2.70. The van der Waals surface area contributed by atoms with Crippen molar-refractivity contribution < 1.29 is 25.0 Å². The molecule has 0 aliphatic carbocycles. The van der Waals surface area contributed by atoms with Gasteiger partial charge in [-0.1, -0.05) is 6.92 Å². The minimum Gasteiger partial charge on any atom is -0.393 e. The lowest BCUT2D eigenvalue weighted by atomic mass is 9.89. The molecule has 0 radical (unpaired) electrons. The molecule has 1 aliphatic heterocycles. The molecule has 1 amide bonds. The highest BCUT2D eigenvalue weighted by Crippen LogP contribution is 2.43. The number of rotatable bonds is 4. The van der Waals surface area contributed by atoms with Crippen LogP contribution in [0.25, 0.3) is 0 Å². The number of guanidine groups is 1. The smallest absolute Gasteiger partial charge is 0.268 e. The molecule has 0 saturated carbocycles. The Bertz CT molecular complexity index is 517. The molecule has 122 valence electrons. The van der Waals surface area contributed by atoms with Gasteiger partial charge < -0.3 is 20.4 Å². The van der Waals surface area contributed by atoms with E-state index in [1.807, 2.05) is 5.32 Å². The summed E-state index contributed by atoms with van der Waals surface area (Å²) < 4.78 is 5.42. The molecular weight excluding hydrogens is 318 g/mol. The third kappa shape index (κ3) is 3.03. The molecule has 1 rings (SSSR count). The van der Waals surface area contributed by atoms with E-state index >= 15 is 0 Å². The second kappa shape index (κ2) is 6.99. The molecule has 0 bridgehead atoms. The van der Waals surface area contributed by atoms with Crippen molar-refractivity contribution in [2.75, 3.05) is 12.5 Å². The number of nitrogens with one attached hydrogen (secondary N) is 3. The summed E-state index contributed by atoms with van der Waals surface area (Å²) in [4.78, 5) is 14.9. The fourth-order valence-electron chi connectivity index (χ4n) is 2.08. The largest absolute Gasteiger partial charge is 0.393 e. The normalized spacial score (nSPS) is 34.8. The van der Waals surface area contributed by atoms with E-state index in [4.69, 9.17) is 27.0 Å². The Morgan fingerprint density at radius 2 is 2.32 bits per heavy atom. The van der Waals surface area contributed by atoms with E-state index < -0.39 is 41.8 Å². The molecule has 6 N–H and O–H groups in total. The fourth-order valence-corrected chi connectivity index (χ4v) is 2.38. The van der Waals surface area contributed by atoms with Crippen LogP contribution in [0.5, 0.6) is 0 Å². The Kier molecular flexibility index (Phi) is 5.81. The van der Waals surface area contributed by atoms with Crippen molar-refractivity contribution in [3.63, 3.8) is 0 Å². The zero-order valence-electron chi connectivity index (χ0n) is 11.6. The number of hydrogen-bond acceptors (Lipinski definition) is 8. The number of hydrogen-bond donors (Lipinski definition) is 6. The van der Waals surface area contributed by atoms with Crippen LogP contribution in [0.1, 0.15) is 6.92 Å². The van der Waals surface area contributed by atoms with Gasteiger partial charge in [-0.3, -0.25) is 15.3 Å². The van der Waals surface area contributed by atoms with Gasteiger partial charge in [0.1, 0.15) is 11.7 Å². The summed E-state index contributed by atoms with van der Waals surface area (Å²) in [7, 11) is 0. The van der Waals surface area contributed by atoms with Gasteiger partial charge in [-0.15, -0.1) is 11.6 Å². The Labute approximate surface area is 130 Å². The average Bonchev–Trinajstić information content (AvgIpc) is 2.76. The van der Waals surface area contributed by atoms with E-state index in [1.54, 1.807) is 11.5 Å². The topological polar surface area (TPSA) is 171 Å². The van der Waals surface area contributed by atoms with Crippen molar-refractivity contribution >= 4 is 29.7 Å². The van der Waals surface area contributed by atoms with Gasteiger partial charge in [-0.2, -0.15) is 5.26 Å². The van der Waals surface area contributed by atoms with Crippen LogP contribution in [-0.2, 0) is 9.53 Å². The number of carbonyl (C=O) groups is 1. The summed E-state index contributed by atoms with van der Waals surface area (Å²) in [6.45, 7) is 0.782. The standard InChI is InChI=1S/C11H16ClN5O5/c1-6-8(20)10(3-12,5-18)22-11(6,4-14)16-9(17-21)15-7(19)2-13/h2,6,8,13,18,20-21H,3,5H2,1H3,(H2,15,16,17,19)/t6-,8+,10-,11-/m1/s1. The first kappa shape index (κ1) is 18.3. The number of nitrogens with zero attached hydrogens (tertiary/aromatic N) is 2. The number of aliphatic hydroxyl groups excluding tert-OH is 2. The first-order valence-electron chi connectivity index (χ1n) is 6.12. The summed E-state index contributed by atoms with van der Waals surface area (Å²) in [5.41, 5.74) is -2.05. The van der Waals surface area contributed by atoms with Crippen LogP contribution in [-0.4, -0.2) is 63.4 Å². The van der Waals surface area contributed by atoms with Gasteiger partial charge >= 0.3 is 0 Å². The quantitative estimate of drug-likeness (QED) is 0.154. The maximum absolute atomic E-state index is 11.1. The first-order valence-corrected chi connectivity index (χ1v) is 6.66. The maximum atomic E-state index is 11.1. The minimum atomic E-state index is -2.00. The number of alkyl halides is 1. The number of ether oxygens (including phenoxy) is 1. The van der Waals surface area contributed by atoms with Crippen molar-refractivity contribution in [1.29, 1.82) is 10.7 Å². The summed E-state index contributed by atoms with van der Waals surface area (Å²) in [5, 5.41) is 46.7. The second-order valence-corrected chi connectivity index (χ2v) is 4.97. The fraction of sp³-hybridized carbons (Fsp3) is 0.636. The third-order valence-electron chi connectivity index (χ3n) is 3.40. The number of nitriles is 1. The van der Waals surface area contributed by atoms with E-state index in [9.17, 15) is 20.3 Å². The molecule has 0 aromatic rings. The van der Waals surface area contributed by atoms with Crippen LogP contribution in [0, 0.1) is 22.7 Å². The molecule has 0 aromatic heterocycles. The Hall–Kier alpha value is -1.77. The molecule has 4 atom stereocenters. The average molecular weight is 334 g/mol. The number of aliphatic imine (C=N–C) groups is 1. The van der Waals surface area contributed by atoms with Gasteiger partial charge in [0.2, 0.25) is 5.96 Å². The number of halogens is 1. The highest BCUT2D eigenvalue weighted by molar-refractivity contribution is 6.28. The minimum absolute atomic E-state index is 0.303. The van der Waals surface area contributed by atoms with Crippen LogP contribution in [0.15, 0.2) is 4.99 Å². The SMILES string of the molecule is C[C@@H]1[C@H](O)[C@](CO)(CCl)O[C@@]1(C#N)N=C(NO)NC(=O)C=N. The van der Waals surface area contributed by atoms with Crippen molar-refractivity contribution in [1.82, 2.24) is 10.8 Å². The van der Waals surface area contributed by atoms with Crippen molar-refractivity contribution in [2.45, 2.75) is 24.4 Å². The maximum Gasteiger partial charge on any atom is 0.268 e. The molecular formula is C11H16ClN5O5. The predicted octanol–water partition coefficient (Wildman–Crippen LogP) is -1.70. The highest BCUT2D eigenvalue weighted by Gasteiger charge is 2.61. The summed E-state index contributed by atoms with van der Waals surface area (Å²) >= 11 is 5.72. The van der Waals surface area contributed by atoms with E-state index in [1.165, 1.54) is 6.92 Å². The molecule has 11 heteroatoms. The molecule has 1 aliphatic rings. The molecule has 0 spiro atoms. The van der Waals surface area contributed by atoms with Gasteiger partial charge in [0.15, 0.2) is 0 Å². The van der Waals surface area contributed by atoms with Crippen molar-refractivity contribution in [3.8, 4) is 6.07 Å². The van der Waals surface area contributed by atoms with Crippen LogP contribution in [0.3, 0.4) is 0 Å². The lowest BCUT2D eigenvalue weighted by Crippen LogP contribution is -2.47. The van der Waals surface area contributed by atoms with Crippen LogP contribution in [0.2, 0.25) is 0 Å². The molecule has 1 saturated heterocycles. The van der Waals surface area contributed by atoms with Crippen LogP contribution < -0.4 is 10.8 Å². The van der Waals surface area contributed by atoms with Gasteiger partial charge in [0, 0.05) is 5.92 Å². The van der Waals surface area contributed by atoms with E-state index in [-0.39, 0.29) is 5.88 Å². The van der Waals surface area contributed by atoms with Crippen molar-refractivity contribution in [3.05, 3.63) is 0 Å². The zero-order valence-corrected chi connectivity index (χ0v) is 12.3. The van der Waals surface area contributed by atoms with E-state index in [0.29, 0.717) is 6.21 Å². The van der Waals surface area contributed by atoms with E-state index in [0.717, 1.165) is 0 Å². The highest BCUT2D eigenvalue weighted by atomic mass is 35.5. The van der Waals surface area contributed by atoms with Gasteiger partial charge in [0.25, 0.3) is 11.6 Å². The molecule has 22 heavy (non-hydrogen) atoms. The zero-order chi connectivity index (χ0) is 17.0. The number of carbonyl (C=O) groups excluding carboxylic acids is 1. The van der Waals surface area contributed by atoms with Crippen molar-refractivity contribution in [2.24, 2.45) is 10.9 Å². The second-order valence-electron chi connectivity index (χ2n) is 4.71. The Morgan fingerprint density at radius 1 is 1.68 bits per heavy atom. The predicted molar refractivity (Wildman–Crippen MR) is 74.4 cm³/mol. The third-order valence-corrected chi connectivity index (χ3v) is 3.85. The summed E-state index contributed by atoms with van der Waals surface area (Å²) in [6.07, 6.45) is -0.881. The molecule has 0 unspecified atom stereocenters. The lowest BCUT2D eigenvalue weighted by Gasteiger charge is -2.28. The van der Waals surface area contributed by atoms with E-state index in [2.05, 4.69) is 4.99 Å². The summed E-state index contributed by atoms with van der Waals surface area (Å²) in [6, 6.07) is 1.74. The van der Waals surface area contributed by atoms with Crippen LogP contribution >= 0.6 is 11.6 Å². The first-order chi connectivity index (χ1) is 10.3. The Morgan fingerprint density at radius 3 is 2.68 bits per heavy atom. The van der Waals surface area contributed by atoms with Crippen LogP contribution in [0.4, 0.5) is 0 Å². The molecule has 1 heterocycles.